The average Bonchev–Trinajstić information content (AvgIpc) is 2.65. The standard InChI is InChI=1S/C9H5ClN4/c10-8-5-13-14(6-8)9-3-7(4-11)1-2-12-9/h1-3,5-6H. The Hall–Kier alpha value is -1.86. The lowest BCUT2D eigenvalue weighted by molar-refractivity contribution is 0.846. The monoisotopic (exact) mass is 204 g/mol. The number of aromatic nitrogens is 3. The number of hydrogen-bond acceptors (Lipinski definition) is 3. The zero-order chi connectivity index (χ0) is 9.97. The second-order valence-corrected chi connectivity index (χ2v) is 3.05. The highest BCUT2D eigenvalue weighted by Gasteiger charge is 2.00. The van der Waals surface area contributed by atoms with Crippen molar-refractivity contribution in [2.45, 2.75) is 0 Å². The van der Waals surface area contributed by atoms with Gasteiger partial charge in [-0.25, -0.2) is 9.67 Å². The van der Waals surface area contributed by atoms with Crippen LogP contribution in [0.25, 0.3) is 5.82 Å². The van der Waals surface area contributed by atoms with Gasteiger partial charge in [0.15, 0.2) is 5.82 Å². The van der Waals surface area contributed by atoms with Gasteiger partial charge in [-0.2, -0.15) is 10.4 Å². The molecule has 0 aliphatic carbocycles. The summed E-state index contributed by atoms with van der Waals surface area (Å²) in [7, 11) is 0. The number of halogens is 1. The van der Waals surface area contributed by atoms with Crippen LogP contribution in [0.4, 0.5) is 0 Å². The number of rotatable bonds is 1. The maximum atomic E-state index is 8.68. The molecule has 0 unspecified atom stereocenters. The van der Waals surface area contributed by atoms with E-state index in [1.807, 2.05) is 6.07 Å². The second kappa shape index (κ2) is 3.48. The maximum Gasteiger partial charge on any atom is 0.154 e. The van der Waals surface area contributed by atoms with Crippen molar-refractivity contribution >= 4 is 11.6 Å². The molecule has 0 amide bonds. The maximum absolute atomic E-state index is 8.68. The molecular weight excluding hydrogens is 200 g/mol. The fraction of sp³-hybridized carbons (Fsp3) is 0. The summed E-state index contributed by atoms with van der Waals surface area (Å²) < 4.78 is 1.52. The van der Waals surface area contributed by atoms with Crippen LogP contribution < -0.4 is 0 Å². The van der Waals surface area contributed by atoms with Crippen LogP contribution in [0.2, 0.25) is 5.02 Å². The van der Waals surface area contributed by atoms with Crippen molar-refractivity contribution in [2.24, 2.45) is 0 Å². The van der Waals surface area contributed by atoms with Crippen molar-refractivity contribution in [3.05, 3.63) is 41.3 Å². The van der Waals surface area contributed by atoms with Crippen molar-refractivity contribution in [2.75, 3.05) is 0 Å². The first kappa shape index (κ1) is 8.73. The van der Waals surface area contributed by atoms with Crippen molar-refractivity contribution in [1.82, 2.24) is 14.8 Å². The Bertz CT molecular complexity index is 498. The highest BCUT2D eigenvalue weighted by Crippen LogP contribution is 2.10. The minimum absolute atomic E-state index is 0.536. The Labute approximate surface area is 85.4 Å². The lowest BCUT2D eigenvalue weighted by Gasteiger charge is -1.98. The molecule has 0 saturated heterocycles. The van der Waals surface area contributed by atoms with Gasteiger partial charge in [0.2, 0.25) is 0 Å². The molecule has 0 atom stereocenters. The first-order valence-corrected chi connectivity index (χ1v) is 4.24. The van der Waals surface area contributed by atoms with Gasteiger partial charge in [-0.15, -0.1) is 0 Å². The van der Waals surface area contributed by atoms with Crippen molar-refractivity contribution in [3.8, 4) is 11.9 Å². The molecule has 0 bridgehead atoms. The van der Waals surface area contributed by atoms with Crippen LogP contribution in [0, 0.1) is 11.3 Å². The molecule has 0 spiro atoms. The Morgan fingerprint density at radius 1 is 1.50 bits per heavy atom. The zero-order valence-corrected chi connectivity index (χ0v) is 7.81. The van der Waals surface area contributed by atoms with Gasteiger partial charge in [0.1, 0.15) is 0 Å². The van der Waals surface area contributed by atoms with Gasteiger partial charge in [0.25, 0.3) is 0 Å². The van der Waals surface area contributed by atoms with Crippen LogP contribution in [0.1, 0.15) is 5.56 Å². The summed E-state index contributed by atoms with van der Waals surface area (Å²) in [6, 6.07) is 5.31. The van der Waals surface area contributed by atoms with E-state index in [4.69, 9.17) is 16.9 Å². The highest BCUT2D eigenvalue weighted by molar-refractivity contribution is 6.30. The minimum atomic E-state index is 0.536. The molecule has 14 heavy (non-hydrogen) atoms. The van der Waals surface area contributed by atoms with Crippen molar-refractivity contribution in [3.63, 3.8) is 0 Å². The van der Waals surface area contributed by atoms with Crippen LogP contribution >= 0.6 is 11.6 Å². The topological polar surface area (TPSA) is 54.5 Å². The second-order valence-electron chi connectivity index (χ2n) is 2.62. The predicted octanol–water partition coefficient (Wildman–Crippen LogP) is 1.79. The summed E-state index contributed by atoms with van der Waals surface area (Å²) in [6.45, 7) is 0. The van der Waals surface area contributed by atoms with Crippen LogP contribution in [0.3, 0.4) is 0 Å². The smallest absolute Gasteiger partial charge is 0.154 e. The lowest BCUT2D eigenvalue weighted by atomic mass is 10.3. The van der Waals surface area contributed by atoms with E-state index < -0.39 is 0 Å². The van der Waals surface area contributed by atoms with Crippen molar-refractivity contribution < 1.29 is 0 Å². The van der Waals surface area contributed by atoms with Crippen LogP contribution in [-0.2, 0) is 0 Å². The molecule has 0 N–H and O–H groups in total. The molecule has 0 aliphatic rings. The molecule has 2 aromatic rings. The fourth-order valence-corrected chi connectivity index (χ4v) is 1.18. The van der Waals surface area contributed by atoms with Gasteiger partial charge in [-0.1, -0.05) is 11.6 Å². The van der Waals surface area contributed by atoms with E-state index in [0.29, 0.717) is 16.4 Å². The molecule has 0 fully saturated rings. The van der Waals surface area contributed by atoms with E-state index in [9.17, 15) is 0 Å². The number of nitrogens with zero attached hydrogens (tertiary/aromatic N) is 4. The SMILES string of the molecule is N#Cc1ccnc(-n2cc(Cl)cn2)c1. The number of hydrogen-bond donors (Lipinski definition) is 0. The molecule has 2 aromatic heterocycles. The van der Waals surface area contributed by atoms with Gasteiger partial charge >= 0.3 is 0 Å². The zero-order valence-electron chi connectivity index (χ0n) is 7.05. The van der Waals surface area contributed by atoms with E-state index in [2.05, 4.69) is 10.1 Å². The summed E-state index contributed by atoms with van der Waals surface area (Å²) in [6.07, 6.45) is 4.71. The van der Waals surface area contributed by atoms with Gasteiger partial charge < -0.3 is 0 Å². The van der Waals surface area contributed by atoms with Gasteiger partial charge in [0, 0.05) is 12.3 Å². The summed E-state index contributed by atoms with van der Waals surface area (Å²) in [4.78, 5) is 4.06. The molecule has 2 heterocycles. The quantitative estimate of drug-likeness (QED) is 0.712. The van der Waals surface area contributed by atoms with Gasteiger partial charge in [-0.05, 0) is 6.07 Å². The third-order valence-electron chi connectivity index (χ3n) is 1.66. The summed E-state index contributed by atoms with van der Waals surface area (Å²) in [5, 5.41) is 13.2. The number of pyridine rings is 1. The van der Waals surface area contributed by atoms with E-state index in [-0.39, 0.29) is 0 Å². The molecule has 4 nitrogen and oxygen atoms in total. The molecule has 5 heteroatoms. The van der Waals surface area contributed by atoms with E-state index in [0.717, 1.165) is 0 Å². The molecule has 2 rings (SSSR count). The largest absolute Gasteiger partial charge is 0.237 e. The third kappa shape index (κ3) is 1.58. The molecule has 0 radical (unpaired) electrons. The Morgan fingerprint density at radius 2 is 2.36 bits per heavy atom. The minimum Gasteiger partial charge on any atom is -0.237 e. The normalized spacial score (nSPS) is 9.71. The summed E-state index contributed by atoms with van der Waals surface area (Å²) in [5.41, 5.74) is 0.543. The van der Waals surface area contributed by atoms with E-state index in [1.165, 1.54) is 10.9 Å². The molecule has 0 aliphatic heterocycles. The molecule has 0 saturated carbocycles. The number of nitriles is 1. The summed E-state index contributed by atoms with van der Waals surface area (Å²) >= 11 is 5.71. The van der Waals surface area contributed by atoms with Crippen LogP contribution in [-0.4, -0.2) is 14.8 Å². The van der Waals surface area contributed by atoms with Crippen LogP contribution in [0.5, 0.6) is 0 Å². The third-order valence-corrected chi connectivity index (χ3v) is 1.86. The van der Waals surface area contributed by atoms with Gasteiger partial charge in [-0.3, -0.25) is 0 Å². The summed E-state index contributed by atoms with van der Waals surface area (Å²) in [5.74, 6) is 0.580. The Balaban J connectivity index is 2.47. The fourth-order valence-electron chi connectivity index (χ4n) is 1.04. The van der Waals surface area contributed by atoms with Gasteiger partial charge in [0.05, 0.1) is 29.0 Å². The van der Waals surface area contributed by atoms with E-state index >= 15 is 0 Å². The first-order valence-electron chi connectivity index (χ1n) is 3.86. The highest BCUT2D eigenvalue weighted by atomic mass is 35.5. The lowest BCUT2D eigenvalue weighted by Crippen LogP contribution is -1.97. The Morgan fingerprint density at radius 3 is 3.00 bits per heavy atom. The molecule has 0 aromatic carbocycles. The average molecular weight is 205 g/mol. The van der Waals surface area contributed by atoms with Crippen molar-refractivity contribution in [1.29, 1.82) is 5.26 Å². The van der Waals surface area contributed by atoms with Crippen LogP contribution in [0.15, 0.2) is 30.7 Å². The molecular formula is C9H5ClN4. The Kier molecular flexibility index (Phi) is 2.17. The van der Waals surface area contributed by atoms with E-state index in [1.54, 1.807) is 24.5 Å². The molecule has 68 valence electrons. The first-order chi connectivity index (χ1) is 6.79. The predicted molar refractivity (Wildman–Crippen MR) is 51.1 cm³/mol.